The predicted octanol–water partition coefficient (Wildman–Crippen LogP) is 1.86. The van der Waals surface area contributed by atoms with E-state index in [2.05, 4.69) is 46.1 Å². The van der Waals surface area contributed by atoms with Crippen molar-refractivity contribution >= 4 is 11.6 Å². The van der Waals surface area contributed by atoms with Crippen LogP contribution in [0, 0.1) is 5.92 Å². The summed E-state index contributed by atoms with van der Waals surface area (Å²) in [5, 5.41) is 3.18. The second-order valence-corrected chi connectivity index (χ2v) is 5.82. The van der Waals surface area contributed by atoms with Gasteiger partial charge in [0.15, 0.2) is 0 Å². The van der Waals surface area contributed by atoms with Crippen molar-refractivity contribution in [3.8, 4) is 0 Å². The number of aromatic nitrogens is 2. The number of rotatable bonds is 5. The summed E-state index contributed by atoms with van der Waals surface area (Å²) in [5.41, 5.74) is 1.24. The highest BCUT2D eigenvalue weighted by atomic mass is 15.2. The van der Waals surface area contributed by atoms with Gasteiger partial charge in [0.05, 0.1) is 0 Å². The summed E-state index contributed by atoms with van der Waals surface area (Å²) in [7, 11) is 6.24. The maximum atomic E-state index is 4.53. The number of piperidine rings is 1. The van der Waals surface area contributed by atoms with Crippen LogP contribution in [-0.2, 0) is 6.42 Å². The highest BCUT2D eigenvalue weighted by Gasteiger charge is 2.23. The van der Waals surface area contributed by atoms with Crippen molar-refractivity contribution in [1.29, 1.82) is 0 Å². The molecule has 0 aromatic carbocycles. The highest BCUT2D eigenvalue weighted by molar-refractivity contribution is 5.58. The van der Waals surface area contributed by atoms with Crippen LogP contribution in [0.15, 0.2) is 6.33 Å². The molecule has 1 N–H and O–H groups in total. The third-order valence-corrected chi connectivity index (χ3v) is 4.05. The lowest BCUT2D eigenvalue weighted by atomic mass is 9.96. The number of hydrogen-bond acceptors (Lipinski definition) is 5. The van der Waals surface area contributed by atoms with E-state index in [1.54, 1.807) is 6.33 Å². The first kappa shape index (κ1) is 15.0. The molecule has 1 aliphatic rings. The standard InChI is InChI=1S/C15H27N5/c1-5-13-14(16-2)17-11-18-15(13)20-8-6-12(7-9-20)10-19(3)4/h11-12H,5-10H2,1-4H3,(H,16,17,18). The van der Waals surface area contributed by atoms with Gasteiger partial charge in [-0.2, -0.15) is 0 Å². The Morgan fingerprint density at radius 2 is 2.00 bits per heavy atom. The van der Waals surface area contributed by atoms with Crippen molar-refractivity contribution in [3.05, 3.63) is 11.9 Å². The van der Waals surface area contributed by atoms with Gasteiger partial charge in [0, 0.05) is 32.2 Å². The molecule has 0 amide bonds. The van der Waals surface area contributed by atoms with E-state index in [1.807, 2.05) is 7.05 Å². The molecule has 2 rings (SSSR count). The maximum Gasteiger partial charge on any atom is 0.137 e. The van der Waals surface area contributed by atoms with Crippen molar-refractivity contribution in [1.82, 2.24) is 14.9 Å². The Kier molecular flexibility index (Phi) is 5.17. The minimum Gasteiger partial charge on any atom is -0.373 e. The topological polar surface area (TPSA) is 44.3 Å². The van der Waals surface area contributed by atoms with E-state index in [9.17, 15) is 0 Å². The van der Waals surface area contributed by atoms with E-state index in [0.717, 1.165) is 37.1 Å². The summed E-state index contributed by atoms with van der Waals surface area (Å²) < 4.78 is 0. The van der Waals surface area contributed by atoms with Gasteiger partial charge in [0.2, 0.25) is 0 Å². The first-order valence-corrected chi connectivity index (χ1v) is 7.57. The van der Waals surface area contributed by atoms with Crippen LogP contribution in [-0.4, -0.2) is 55.6 Å². The third kappa shape index (κ3) is 3.39. The highest BCUT2D eigenvalue weighted by Crippen LogP contribution is 2.28. The minimum atomic E-state index is 0.817. The molecule has 0 spiro atoms. The van der Waals surface area contributed by atoms with E-state index in [4.69, 9.17) is 0 Å². The molecule has 0 saturated carbocycles. The van der Waals surface area contributed by atoms with Crippen LogP contribution in [0.3, 0.4) is 0 Å². The lowest BCUT2D eigenvalue weighted by Gasteiger charge is -2.35. The third-order valence-electron chi connectivity index (χ3n) is 4.05. The van der Waals surface area contributed by atoms with E-state index < -0.39 is 0 Å². The minimum absolute atomic E-state index is 0.817. The van der Waals surface area contributed by atoms with Crippen LogP contribution in [0.25, 0.3) is 0 Å². The molecule has 2 heterocycles. The Balaban J connectivity index is 2.07. The maximum absolute atomic E-state index is 4.53. The van der Waals surface area contributed by atoms with Crippen LogP contribution in [0.2, 0.25) is 0 Å². The predicted molar refractivity (Wildman–Crippen MR) is 84.4 cm³/mol. The molecule has 5 nitrogen and oxygen atoms in total. The molecule has 5 heteroatoms. The van der Waals surface area contributed by atoms with E-state index in [0.29, 0.717) is 0 Å². The molecular formula is C15H27N5. The SMILES string of the molecule is CCc1c(NC)ncnc1N1CCC(CN(C)C)CC1. The van der Waals surface area contributed by atoms with Gasteiger partial charge in [-0.25, -0.2) is 9.97 Å². The number of anilines is 2. The van der Waals surface area contributed by atoms with Crippen molar-refractivity contribution in [3.63, 3.8) is 0 Å². The molecule has 0 radical (unpaired) electrons. The Bertz CT molecular complexity index is 424. The zero-order chi connectivity index (χ0) is 14.5. The Labute approximate surface area is 122 Å². The van der Waals surface area contributed by atoms with Gasteiger partial charge in [-0.3, -0.25) is 0 Å². The Hall–Kier alpha value is -1.36. The summed E-state index contributed by atoms with van der Waals surface area (Å²) in [6, 6.07) is 0. The van der Waals surface area contributed by atoms with Crippen molar-refractivity contribution < 1.29 is 0 Å². The van der Waals surface area contributed by atoms with Crippen molar-refractivity contribution in [2.24, 2.45) is 5.92 Å². The Morgan fingerprint density at radius 1 is 1.30 bits per heavy atom. The number of nitrogens with one attached hydrogen (secondary N) is 1. The summed E-state index contributed by atoms with van der Waals surface area (Å²) in [4.78, 5) is 13.6. The fourth-order valence-electron chi connectivity index (χ4n) is 3.06. The molecule has 0 unspecified atom stereocenters. The van der Waals surface area contributed by atoms with Crippen molar-refractivity contribution in [2.75, 3.05) is 51.0 Å². The van der Waals surface area contributed by atoms with E-state index >= 15 is 0 Å². The summed E-state index contributed by atoms with van der Waals surface area (Å²) in [5.74, 6) is 2.90. The first-order valence-electron chi connectivity index (χ1n) is 7.57. The quantitative estimate of drug-likeness (QED) is 0.890. The summed E-state index contributed by atoms with van der Waals surface area (Å²) in [6.45, 7) is 5.57. The van der Waals surface area contributed by atoms with Gasteiger partial charge >= 0.3 is 0 Å². The largest absolute Gasteiger partial charge is 0.373 e. The van der Waals surface area contributed by atoms with Gasteiger partial charge in [-0.05, 0) is 39.3 Å². The average Bonchev–Trinajstić information content (AvgIpc) is 2.46. The normalized spacial score (nSPS) is 16.8. The second kappa shape index (κ2) is 6.88. The number of nitrogens with zero attached hydrogens (tertiary/aromatic N) is 4. The molecule has 1 fully saturated rings. The molecule has 112 valence electrons. The number of hydrogen-bond donors (Lipinski definition) is 1. The van der Waals surface area contributed by atoms with Gasteiger partial charge in [0.1, 0.15) is 18.0 Å². The van der Waals surface area contributed by atoms with Crippen molar-refractivity contribution in [2.45, 2.75) is 26.2 Å². The van der Waals surface area contributed by atoms with Crippen LogP contribution in [0.1, 0.15) is 25.3 Å². The molecular weight excluding hydrogens is 250 g/mol. The summed E-state index contributed by atoms with van der Waals surface area (Å²) in [6.07, 6.45) is 5.14. The fraction of sp³-hybridized carbons (Fsp3) is 0.733. The molecule has 0 bridgehead atoms. The van der Waals surface area contributed by atoms with Crippen LogP contribution < -0.4 is 10.2 Å². The van der Waals surface area contributed by atoms with Crippen LogP contribution >= 0.6 is 0 Å². The first-order chi connectivity index (χ1) is 9.65. The average molecular weight is 277 g/mol. The van der Waals surface area contributed by atoms with Gasteiger partial charge < -0.3 is 15.1 Å². The monoisotopic (exact) mass is 277 g/mol. The second-order valence-electron chi connectivity index (χ2n) is 5.82. The van der Waals surface area contributed by atoms with Gasteiger partial charge in [0.25, 0.3) is 0 Å². The molecule has 1 saturated heterocycles. The summed E-state index contributed by atoms with van der Waals surface area (Å²) >= 11 is 0. The molecule has 1 aromatic rings. The van der Waals surface area contributed by atoms with Crippen LogP contribution in [0.4, 0.5) is 11.6 Å². The smallest absolute Gasteiger partial charge is 0.137 e. The van der Waals surface area contributed by atoms with Crippen LogP contribution in [0.5, 0.6) is 0 Å². The lowest BCUT2D eigenvalue weighted by Crippen LogP contribution is -2.38. The zero-order valence-corrected chi connectivity index (χ0v) is 13.2. The van der Waals surface area contributed by atoms with Gasteiger partial charge in [-0.15, -0.1) is 0 Å². The Morgan fingerprint density at radius 3 is 2.55 bits per heavy atom. The molecule has 0 aliphatic carbocycles. The van der Waals surface area contributed by atoms with E-state index in [-0.39, 0.29) is 0 Å². The molecule has 1 aliphatic heterocycles. The fourth-order valence-corrected chi connectivity index (χ4v) is 3.06. The molecule has 1 aromatic heterocycles. The molecule has 0 atom stereocenters. The zero-order valence-electron chi connectivity index (χ0n) is 13.2. The molecule has 20 heavy (non-hydrogen) atoms. The van der Waals surface area contributed by atoms with E-state index in [1.165, 1.54) is 24.9 Å². The lowest BCUT2D eigenvalue weighted by molar-refractivity contribution is 0.284. The van der Waals surface area contributed by atoms with Gasteiger partial charge in [-0.1, -0.05) is 6.92 Å².